The highest BCUT2D eigenvalue weighted by Gasteiger charge is 2.05. The zero-order valence-electron chi connectivity index (χ0n) is 7.16. The second-order valence-electron chi connectivity index (χ2n) is 2.69. The molecule has 0 radical (unpaired) electrons. The van der Waals surface area contributed by atoms with Gasteiger partial charge in [-0.05, 0) is 18.6 Å². The fraction of sp³-hybridized carbons (Fsp3) is 0.222. The molecule has 3 nitrogen and oxygen atoms in total. The summed E-state index contributed by atoms with van der Waals surface area (Å²) in [6, 6.07) is 3.74. The maximum absolute atomic E-state index is 5.87. The monoisotopic (exact) mass is 193 g/mol. The van der Waals surface area contributed by atoms with Crippen molar-refractivity contribution in [3.8, 4) is 0 Å². The van der Waals surface area contributed by atoms with E-state index in [9.17, 15) is 0 Å². The first kappa shape index (κ1) is 8.38. The smallest absolute Gasteiger partial charge is 0.161 e. The number of aryl methyl sites for hydroxylation is 1. The lowest BCUT2D eigenvalue weighted by Gasteiger charge is -2.01. The minimum absolute atomic E-state index is 0.417. The summed E-state index contributed by atoms with van der Waals surface area (Å²) in [7, 11) is 0. The molecule has 4 heteroatoms. The lowest BCUT2D eigenvalue weighted by atomic mass is 10.2. The van der Waals surface area contributed by atoms with E-state index in [4.69, 9.17) is 11.6 Å². The minimum Gasteiger partial charge on any atom is -0.254 e. The molecular weight excluding hydrogens is 186 g/mol. The molecule has 13 heavy (non-hydrogen) atoms. The molecule has 0 aliphatic rings. The van der Waals surface area contributed by atoms with Crippen LogP contribution in [0.5, 0.6) is 0 Å². The van der Waals surface area contributed by atoms with Crippen molar-refractivity contribution in [3.63, 3.8) is 0 Å². The number of nitrogens with zero attached hydrogens (tertiary/aromatic N) is 3. The van der Waals surface area contributed by atoms with Crippen LogP contribution in [0.2, 0.25) is 5.15 Å². The molecule has 0 unspecified atom stereocenters. The summed E-state index contributed by atoms with van der Waals surface area (Å²) in [4.78, 5) is 4.23. The summed E-state index contributed by atoms with van der Waals surface area (Å²) in [6.45, 7) is 2.02. The molecule has 0 aromatic carbocycles. The Labute approximate surface area is 80.8 Å². The van der Waals surface area contributed by atoms with Gasteiger partial charge in [0, 0.05) is 11.6 Å². The normalized spacial score (nSPS) is 10.6. The summed E-state index contributed by atoms with van der Waals surface area (Å²) in [6.07, 6.45) is 2.55. The van der Waals surface area contributed by atoms with Gasteiger partial charge < -0.3 is 0 Å². The molecule has 0 atom stereocenters. The van der Waals surface area contributed by atoms with Gasteiger partial charge in [-0.2, -0.15) is 5.10 Å². The van der Waals surface area contributed by atoms with E-state index in [-0.39, 0.29) is 0 Å². The molecule has 0 aliphatic heterocycles. The Bertz CT molecular complexity index is 442. The predicted molar refractivity (Wildman–Crippen MR) is 51.7 cm³/mol. The molecule has 2 rings (SSSR count). The molecule has 0 N–H and O–H groups in total. The van der Waals surface area contributed by atoms with E-state index in [0.29, 0.717) is 5.15 Å². The van der Waals surface area contributed by atoms with Crippen LogP contribution in [0.15, 0.2) is 18.3 Å². The van der Waals surface area contributed by atoms with Crippen molar-refractivity contribution < 1.29 is 0 Å². The van der Waals surface area contributed by atoms with E-state index in [0.717, 1.165) is 23.0 Å². The van der Waals surface area contributed by atoms with Crippen LogP contribution in [0.3, 0.4) is 0 Å². The molecule has 0 spiro atoms. The third-order valence-electron chi connectivity index (χ3n) is 1.90. The summed E-state index contributed by atoms with van der Waals surface area (Å²) < 4.78 is 0. The molecular formula is C9H8ClN3. The van der Waals surface area contributed by atoms with Crippen LogP contribution in [-0.4, -0.2) is 15.2 Å². The molecule has 0 saturated heterocycles. The van der Waals surface area contributed by atoms with Gasteiger partial charge in [0.2, 0.25) is 0 Å². The highest BCUT2D eigenvalue weighted by Crippen LogP contribution is 2.20. The Hall–Kier alpha value is -1.22. The van der Waals surface area contributed by atoms with Gasteiger partial charge in [0.15, 0.2) is 5.15 Å². The minimum atomic E-state index is 0.417. The lowest BCUT2D eigenvalue weighted by Crippen LogP contribution is -1.95. The fourth-order valence-electron chi connectivity index (χ4n) is 1.25. The van der Waals surface area contributed by atoms with Gasteiger partial charge in [0.05, 0.1) is 11.2 Å². The van der Waals surface area contributed by atoms with Crippen LogP contribution < -0.4 is 0 Å². The number of fused-ring (bicyclic) bond motifs is 1. The first-order valence-corrected chi connectivity index (χ1v) is 4.46. The average molecular weight is 194 g/mol. The Morgan fingerprint density at radius 2 is 2.23 bits per heavy atom. The van der Waals surface area contributed by atoms with Gasteiger partial charge in [0.25, 0.3) is 0 Å². The molecule has 0 aliphatic carbocycles. The van der Waals surface area contributed by atoms with Crippen molar-refractivity contribution in [1.82, 2.24) is 15.2 Å². The number of hydrogen-bond donors (Lipinski definition) is 0. The molecule has 0 bridgehead atoms. The van der Waals surface area contributed by atoms with Crippen molar-refractivity contribution in [2.75, 3.05) is 0 Å². The van der Waals surface area contributed by atoms with Crippen LogP contribution >= 0.6 is 11.6 Å². The summed E-state index contributed by atoms with van der Waals surface area (Å²) in [5.41, 5.74) is 1.74. The Balaban J connectivity index is 2.84. The molecule has 66 valence electrons. The van der Waals surface area contributed by atoms with Crippen molar-refractivity contribution in [3.05, 3.63) is 29.2 Å². The first-order chi connectivity index (χ1) is 6.33. The van der Waals surface area contributed by atoms with E-state index in [1.54, 1.807) is 6.20 Å². The van der Waals surface area contributed by atoms with Crippen molar-refractivity contribution in [2.24, 2.45) is 0 Å². The van der Waals surface area contributed by atoms with Crippen molar-refractivity contribution in [2.45, 2.75) is 13.3 Å². The van der Waals surface area contributed by atoms with Gasteiger partial charge in [-0.3, -0.25) is 4.98 Å². The highest BCUT2D eigenvalue weighted by molar-refractivity contribution is 6.34. The van der Waals surface area contributed by atoms with Gasteiger partial charge in [-0.25, -0.2) is 0 Å². The van der Waals surface area contributed by atoms with Crippen molar-refractivity contribution >= 4 is 22.5 Å². The quantitative estimate of drug-likeness (QED) is 0.697. The van der Waals surface area contributed by atoms with Gasteiger partial charge in [0.1, 0.15) is 0 Å². The standard InChI is InChI=1S/C9H8ClN3/c1-2-7-8-6(4-3-5-11-8)9(10)13-12-7/h3-5H,2H2,1H3. The SMILES string of the molecule is CCc1nnc(Cl)c2cccnc12. The predicted octanol–water partition coefficient (Wildman–Crippen LogP) is 2.24. The van der Waals surface area contributed by atoms with Crippen molar-refractivity contribution in [1.29, 1.82) is 0 Å². The maximum atomic E-state index is 5.87. The summed E-state index contributed by atoms with van der Waals surface area (Å²) in [5.74, 6) is 0. The van der Waals surface area contributed by atoms with E-state index >= 15 is 0 Å². The molecule has 2 aromatic heterocycles. The second-order valence-corrected chi connectivity index (χ2v) is 3.05. The topological polar surface area (TPSA) is 38.7 Å². The third-order valence-corrected chi connectivity index (χ3v) is 2.18. The second kappa shape index (κ2) is 3.26. The molecule has 0 saturated carbocycles. The number of rotatable bonds is 1. The van der Waals surface area contributed by atoms with E-state index in [1.165, 1.54) is 0 Å². The van der Waals surface area contributed by atoms with Crippen LogP contribution in [0.1, 0.15) is 12.6 Å². The summed E-state index contributed by atoms with van der Waals surface area (Å²) in [5, 5.41) is 9.12. The number of halogens is 1. The van der Waals surface area contributed by atoms with Gasteiger partial charge in [-0.1, -0.05) is 18.5 Å². The van der Waals surface area contributed by atoms with Crippen LogP contribution in [0.4, 0.5) is 0 Å². The zero-order chi connectivity index (χ0) is 9.26. The molecule has 0 amide bonds. The van der Waals surface area contributed by atoms with Gasteiger partial charge in [-0.15, -0.1) is 5.10 Å². The third kappa shape index (κ3) is 1.35. The Morgan fingerprint density at radius 1 is 1.38 bits per heavy atom. The highest BCUT2D eigenvalue weighted by atomic mass is 35.5. The van der Waals surface area contributed by atoms with Crippen LogP contribution in [0.25, 0.3) is 10.9 Å². The summed E-state index contributed by atoms with van der Waals surface area (Å²) >= 11 is 5.87. The molecule has 2 heterocycles. The van der Waals surface area contributed by atoms with Crippen LogP contribution in [-0.2, 0) is 6.42 Å². The number of aromatic nitrogens is 3. The number of hydrogen-bond acceptors (Lipinski definition) is 3. The first-order valence-electron chi connectivity index (χ1n) is 4.08. The Morgan fingerprint density at radius 3 is 3.00 bits per heavy atom. The zero-order valence-corrected chi connectivity index (χ0v) is 7.91. The Kier molecular flexibility index (Phi) is 2.10. The van der Waals surface area contributed by atoms with E-state index < -0.39 is 0 Å². The molecule has 0 fully saturated rings. The molecule has 2 aromatic rings. The van der Waals surface area contributed by atoms with Crippen LogP contribution in [0, 0.1) is 0 Å². The fourth-order valence-corrected chi connectivity index (χ4v) is 1.44. The van der Waals surface area contributed by atoms with E-state index in [2.05, 4.69) is 15.2 Å². The lowest BCUT2D eigenvalue weighted by molar-refractivity contribution is 0.933. The number of pyridine rings is 1. The maximum Gasteiger partial charge on any atom is 0.161 e. The average Bonchev–Trinajstić information content (AvgIpc) is 2.19. The largest absolute Gasteiger partial charge is 0.254 e. The van der Waals surface area contributed by atoms with E-state index in [1.807, 2.05) is 19.1 Å². The van der Waals surface area contributed by atoms with Gasteiger partial charge >= 0.3 is 0 Å².